The zero-order valence-corrected chi connectivity index (χ0v) is 19.4. The zero-order chi connectivity index (χ0) is 22.0. The van der Waals surface area contributed by atoms with E-state index in [1.165, 1.54) is 61.8 Å². The van der Waals surface area contributed by atoms with Crippen molar-refractivity contribution in [3.8, 4) is 10.4 Å². The van der Waals surface area contributed by atoms with E-state index < -0.39 is 6.09 Å². The van der Waals surface area contributed by atoms with Gasteiger partial charge in [0.1, 0.15) is 0 Å². The number of carboxylic acid groups (broad SMARTS) is 1. The molecule has 1 aromatic carbocycles. The van der Waals surface area contributed by atoms with Gasteiger partial charge in [0.05, 0.1) is 0 Å². The Hall–Kier alpha value is -2.14. The molecule has 1 aromatic heterocycles. The normalized spacial score (nSPS) is 10.2. The number of thiophene rings is 1. The number of rotatable bonds is 13. The third kappa shape index (κ3) is 12.4. The minimum absolute atomic E-state index is 0. The molecule has 0 aliphatic rings. The smallest absolute Gasteiger partial charge is 0.404 e. The summed E-state index contributed by atoms with van der Waals surface area (Å²) in [5.74, 6) is 0. The van der Waals surface area contributed by atoms with Crippen LogP contribution in [0.4, 0.5) is 4.79 Å². The molecular formula is C25H40N2O2S. The summed E-state index contributed by atoms with van der Waals surface area (Å²) >= 11 is 1.74. The molecule has 0 spiro atoms. The van der Waals surface area contributed by atoms with Gasteiger partial charge in [-0.1, -0.05) is 95.0 Å². The van der Waals surface area contributed by atoms with Crippen LogP contribution in [0, 0.1) is 5.41 Å². The van der Waals surface area contributed by atoms with E-state index in [1.54, 1.807) is 18.3 Å². The number of unbranched alkanes of at least 4 members (excludes halogenated alkanes) is 9. The van der Waals surface area contributed by atoms with Crippen LogP contribution >= 0.6 is 11.3 Å². The number of carbonyl (C=O) groups is 1. The minimum atomic E-state index is -0.907. The standard InChI is InChI=1S/C13H27NO2.C12H11NS.H2/c1-2-3-4-5-6-7-8-9-10-11-12-14-13(15)16;1-9(13)10-4-6-11(7-5-10)12-3-2-8-14-12;/h14H,2-12H2,1H3,(H,15,16);2-8,13H,1H3;1H. The fraction of sp³-hybridized carbons (Fsp3) is 0.520. The van der Waals surface area contributed by atoms with Crippen molar-refractivity contribution in [1.29, 1.82) is 5.41 Å². The molecule has 0 saturated carbocycles. The SMILES string of the molecule is CC(=N)c1ccc(-c2cccs2)cc1.CCCCCCCCCCCCNC(=O)O.[HH]. The van der Waals surface area contributed by atoms with Gasteiger partial charge in [0.25, 0.3) is 0 Å². The molecular weight excluding hydrogens is 392 g/mol. The van der Waals surface area contributed by atoms with Crippen molar-refractivity contribution in [1.82, 2.24) is 5.32 Å². The summed E-state index contributed by atoms with van der Waals surface area (Å²) in [4.78, 5) is 11.4. The van der Waals surface area contributed by atoms with Crippen LogP contribution in [0.25, 0.3) is 10.4 Å². The Morgan fingerprint density at radius 2 is 1.53 bits per heavy atom. The minimum Gasteiger partial charge on any atom is -0.465 e. The monoisotopic (exact) mass is 432 g/mol. The molecule has 0 aliphatic carbocycles. The van der Waals surface area contributed by atoms with Crippen LogP contribution < -0.4 is 5.32 Å². The molecule has 0 unspecified atom stereocenters. The van der Waals surface area contributed by atoms with Crippen LogP contribution in [0.2, 0.25) is 0 Å². The second kappa shape index (κ2) is 16.6. The molecule has 0 saturated heterocycles. The highest BCUT2D eigenvalue weighted by Crippen LogP contribution is 2.24. The van der Waals surface area contributed by atoms with Crippen molar-refractivity contribution in [3.05, 3.63) is 47.3 Å². The Bertz CT molecular complexity index is 703. The first-order valence-electron chi connectivity index (χ1n) is 11.2. The predicted molar refractivity (Wildman–Crippen MR) is 132 cm³/mol. The summed E-state index contributed by atoms with van der Waals surface area (Å²) in [5.41, 5.74) is 2.83. The van der Waals surface area contributed by atoms with Crippen LogP contribution in [0.1, 0.15) is 85.0 Å². The van der Waals surface area contributed by atoms with Gasteiger partial charge in [-0.25, -0.2) is 4.79 Å². The Morgan fingerprint density at radius 1 is 0.967 bits per heavy atom. The lowest BCUT2D eigenvalue weighted by Gasteiger charge is -2.02. The summed E-state index contributed by atoms with van der Waals surface area (Å²) in [6.45, 7) is 4.65. The highest BCUT2D eigenvalue weighted by Gasteiger charge is 1.99. The average Bonchev–Trinajstić information content (AvgIpc) is 3.27. The lowest BCUT2D eigenvalue weighted by molar-refractivity contribution is 0.194. The van der Waals surface area contributed by atoms with Crippen molar-refractivity contribution in [2.75, 3.05) is 6.54 Å². The van der Waals surface area contributed by atoms with Gasteiger partial charge in [-0.05, 0) is 35.9 Å². The second-order valence-corrected chi connectivity index (χ2v) is 8.54. The summed E-state index contributed by atoms with van der Waals surface area (Å²) in [6, 6.07) is 12.3. The first kappa shape index (κ1) is 25.9. The number of hydrogen-bond donors (Lipinski definition) is 3. The first-order chi connectivity index (χ1) is 14.5. The summed E-state index contributed by atoms with van der Waals surface area (Å²) in [6.07, 6.45) is 11.9. The van der Waals surface area contributed by atoms with E-state index in [4.69, 9.17) is 10.5 Å². The van der Waals surface area contributed by atoms with Gasteiger partial charge in [0.2, 0.25) is 0 Å². The van der Waals surface area contributed by atoms with Crippen LogP contribution in [0.5, 0.6) is 0 Å². The van der Waals surface area contributed by atoms with Crippen molar-refractivity contribution < 1.29 is 11.3 Å². The van der Waals surface area contributed by atoms with Gasteiger partial charge in [0.15, 0.2) is 0 Å². The molecule has 5 heteroatoms. The molecule has 0 bridgehead atoms. The van der Waals surface area contributed by atoms with Gasteiger partial charge >= 0.3 is 6.09 Å². The van der Waals surface area contributed by atoms with Gasteiger partial charge in [-0.3, -0.25) is 0 Å². The van der Waals surface area contributed by atoms with E-state index in [0.29, 0.717) is 12.3 Å². The maximum atomic E-state index is 10.1. The average molecular weight is 433 g/mol. The molecule has 2 rings (SSSR count). The van der Waals surface area contributed by atoms with Crippen LogP contribution in [0.3, 0.4) is 0 Å². The molecule has 30 heavy (non-hydrogen) atoms. The van der Waals surface area contributed by atoms with E-state index in [0.717, 1.165) is 18.4 Å². The second-order valence-electron chi connectivity index (χ2n) is 7.59. The molecule has 3 N–H and O–H groups in total. The Morgan fingerprint density at radius 3 is 2.00 bits per heavy atom. The van der Waals surface area contributed by atoms with E-state index in [9.17, 15) is 4.79 Å². The molecule has 0 atom stereocenters. The molecule has 0 radical (unpaired) electrons. The lowest BCUT2D eigenvalue weighted by Crippen LogP contribution is -2.21. The molecule has 2 aromatic rings. The fourth-order valence-electron chi connectivity index (χ4n) is 3.14. The molecule has 1 amide bonds. The van der Waals surface area contributed by atoms with Crippen LogP contribution in [-0.2, 0) is 0 Å². The highest BCUT2D eigenvalue weighted by molar-refractivity contribution is 7.13. The third-order valence-electron chi connectivity index (χ3n) is 4.93. The molecule has 4 nitrogen and oxygen atoms in total. The predicted octanol–water partition coefficient (Wildman–Crippen LogP) is 8.22. The zero-order valence-electron chi connectivity index (χ0n) is 18.6. The molecule has 0 fully saturated rings. The maximum absolute atomic E-state index is 10.1. The van der Waals surface area contributed by atoms with E-state index in [2.05, 4.69) is 41.9 Å². The van der Waals surface area contributed by atoms with Gasteiger partial charge in [-0.15, -0.1) is 11.3 Å². The van der Waals surface area contributed by atoms with Crippen molar-refractivity contribution in [2.24, 2.45) is 0 Å². The van der Waals surface area contributed by atoms with E-state index >= 15 is 0 Å². The van der Waals surface area contributed by atoms with Gasteiger partial charge in [0, 0.05) is 18.6 Å². The van der Waals surface area contributed by atoms with Crippen molar-refractivity contribution in [3.63, 3.8) is 0 Å². The highest BCUT2D eigenvalue weighted by atomic mass is 32.1. The number of benzene rings is 1. The third-order valence-corrected chi connectivity index (χ3v) is 5.85. The first-order valence-corrected chi connectivity index (χ1v) is 12.1. The van der Waals surface area contributed by atoms with Crippen molar-refractivity contribution >= 4 is 23.1 Å². The van der Waals surface area contributed by atoms with Crippen LogP contribution in [-0.4, -0.2) is 23.5 Å². The summed E-state index contributed by atoms with van der Waals surface area (Å²) in [7, 11) is 0. The van der Waals surface area contributed by atoms with E-state index in [1.807, 2.05) is 12.1 Å². The lowest BCUT2D eigenvalue weighted by atomic mass is 10.1. The Labute approximate surface area is 187 Å². The van der Waals surface area contributed by atoms with Gasteiger partial charge in [-0.2, -0.15) is 0 Å². The topological polar surface area (TPSA) is 73.2 Å². The quantitative estimate of drug-likeness (QED) is 0.220. The van der Waals surface area contributed by atoms with Crippen molar-refractivity contribution in [2.45, 2.75) is 78.1 Å². The van der Waals surface area contributed by atoms with E-state index in [-0.39, 0.29) is 1.43 Å². The van der Waals surface area contributed by atoms with Crippen LogP contribution in [0.15, 0.2) is 41.8 Å². The number of amides is 1. The number of hydrogen-bond acceptors (Lipinski definition) is 3. The molecule has 168 valence electrons. The Kier molecular flexibility index (Phi) is 14.4. The molecule has 1 heterocycles. The Balaban J connectivity index is 0.000000565. The fourth-order valence-corrected chi connectivity index (χ4v) is 3.87. The number of nitrogens with one attached hydrogen (secondary N) is 2. The molecule has 0 aliphatic heterocycles. The van der Waals surface area contributed by atoms with Gasteiger partial charge < -0.3 is 15.8 Å². The summed E-state index contributed by atoms with van der Waals surface area (Å²) in [5, 5.41) is 20.3. The maximum Gasteiger partial charge on any atom is 0.404 e. The summed E-state index contributed by atoms with van der Waals surface area (Å²) < 4.78 is 0. The largest absolute Gasteiger partial charge is 0.465 e.